The van der Waals surface area contributed by atoms with Gasteiger partial charge in [-0.05, 0) is 24.6 Å². The first-order valence-corrected chi connectivity index (χ1v) is 5.74. The highest BCUT2D eigenvalue weighted by Gasteiger charge is 2.02. The van der Waals surface area contributed by atoms with Gasteiger partial charge in [0.1, 0.15) is 5.82 Å². The highest BCUT2D eigenvalue weighted by Crippen LogP contribution is 2.15. The van der Waals surface area contributed by atoms with Crippen LogP contribution in [0.1, 0.15) is 18.9 Å². The normalized spacial score (nSPS) is 10.3. The predicted octanol–water partition coefficient (Wildman–Crippen LogP) is 3.64. The van der Waals surface area contributed by atoms with Crippen molar-refractivity contribution in [2.45, 2.75) is 19.9 Å². The second-order valence-electron chi connectivity index (χ2n) is 3.44. The Kier molecular flexibility index (Phi) is 4.99. The molecule has 1 N–H and O–H groups in total. The molecule has 0 aromatic heterocycles. The van der Waals surface area contributed by atoms with Crippen molar-refractivity contribution in [1.29, 1.82) is 0 Å². The maximum atomic E-state index is 13.3. The molecule has 0 aliphatic heterocycles. The first-order valence-electron chi connectivity index (χ1n) is 4.94. The number of halogens is 2. The summed E-state index contributed by atoms with van der Waals surface area (Å²) in [7, 11) is 0. The minimum absolute atomic E-state index is 0.173. The van der Waals surface area contributed by atoms with Crippen LogP contribution in [0.2, 0.25) is 0 Å². The summed E-state index contributed by atoms with van der Waals surface area (Å²) in [4.78, 5) is 0. The maximum Gasteiger partial charge on any atom is 0.127 e. The van der Waals surface area contributed by atoms with E-state index < -0.39 is 0 Å². The smallest absolute Gasteiger partial charge is 0.127 e. The monoisotopic (exact) mass is 271 g/mol. The van der Waals surface area contributed by atoms with E-state index in [4.69, 9.17) is 0 Å². The average molecular weight is 272 g/mol. The lowest BCUT2D eigenvalue weighted by molar-refractivity contribution is 0.593. The van der Waals surface area contributed by atoms with Gasteiger partial charge >= 0.3 is 0 Å². The zero-order valence-corrected chi connectivity index (χ0v) is 10.4. The van der Waals surface area contributed by atoms with Gasteiger partial charge < -0.3 is 5.32 Å². The molecule has 0 saturated carbocycles. The van der Waals surface area contributed by atoms with E-state index in [-0.39, 0.29) is 5.82 Å². The predicted molar refractivity (Wildman–Crippen MR) is 65.2 cm³/mol. The highest BCUT2D eigenvalue weighted by molar-refractivity contribution is 9.10. The van der Waals surface area contributed by atoms with Crippen molar-refractivity contribution in [3.63, 3.8) is 0 Å². The minimum atomic E-state index is -0.173. The molecule has 1 nitrogen and oxygen atoms in total. The molecule has 0 aliphatic carbocycles. The van der Waals surface area contributed by atoms with Gasteiger partial charge in [0.15, 0.2) is 0 Å². The zero-order valence-electron chi connectivity index (χ0n) is 8.82. The number of rotatable bonds is 5. The molecule has 0 amide bonds. The molecule has 0 saturated heterocycles. The van der Waals surface area contributed by atoms with E-state index >= 15 is 0 Å². The van der Waals surface area contributed by atoms with E-state index in [0.717, 1.165) is 23.0 Å². The summed E-state index contributed by atoms with van der Waals surface area (Å²) in [5, 5.41) is 3.16. The standard InChI is InChI=1S/C12H15BrFN/c1-3-9(2)7-15-8-10-6-11(13)4-5-12(10)14/h4-6,15H,2-3,7-8H2,1H3. The molecule has 15 heavy (non-hydrogen) atoms. The Hall–Kier alpha value is -0.670. The van der Waals surface area contributed by atoms with Crippen LogP contribution in [-0.2, 0) is 6.54 Å². The summed E-state index contributed by atoms with van der Waals surface area (Å²) in [5.41, 5.74) is 1.80. The highest BCUT2D eigenvalue weighted by atomic mass is 79.9. The number of hydrogen-bond acceptors (Lipinski definition) is 1. The Morgan fingerprint density at radius 3 is 2.93 bits per heavy atom. The van der Waals surface area contributed by atoms with Crippen LogP contribution < -0.4 is 5.32 Å². The lowest BCUT2D eigenvalue weighted by Crippen LogP contribution is -2.16. The number of benzene rings is 1. The first-order chi connectivity index (χ1) is 7.13. The second-order valence-corrected chi connectivity index (χ2v) is 4.36. The summed E-state index contributed by atoms with van der Waals surface area (Å²) in [6.07, 6.45) is 0.952. The Bertz CT molecular complexity index is 349. The van der Waals surface area contributed by atoms with Crippen molar-refractivity contribution < 1.29 is 4.39 Å². The van der Waals surface area contributed by atoms with Crippen molar-refractivity contribution in [1.82, 2.24) is 5.32 Å². The van der Waals surface area contributed by atoms with Crippen molar-refractivity contribution in [3.05, 3.63) is 46.2 Å². The second kappa shape index (κ2) is 6.03. The van der Waals surface area contributed by atoms with Crippen molar-refractivity contribution in [3.8, 4) is 0 Å². The van der Waals surface area contributed by atoms with E-state index in [1.807, 2.05) is 0 Å². The van der Waals surface area contributed by atoms with Gasteiger partial charge in [0.2, 0.25) is 0 Å². The van der Waals surface area contributed by atoms with Crippen LogP contribution in [0.4, 0.5) is 4.39 Å². The summed E-state index contributed by atoms with van der Waals surface area (Å²) >= 11 is 3.32. The van der Waals surface area contributed by atoms with Gasteiger partial charge in [-0.1, -0.05) is 35.0 Å². The fourth-order valence-corrected chi connectivity index (χ4v) is 1.59. The van der Waals surface area contributed by atoms with Gasteiger partial charge in [-0.2, -0.15) is 0 Å². The van der Waals surface area contributed by atoms with Crippen LogP contribution in [0.5, 0.6) is 0 Å². The molecule has 0 bridgehead atoms. The minimum Gasteiger partial charge on any atom is -0.309 e. The zero-order chi connectivity index (χ0) is 11.3. The lowest BCUT2D eigenvalue weighted by Gasteiger charge is -2.07. The Balaban J connectivity index is 2.50. The Labute approximate surface area is 98.5 Å². The van der Waals surface area contributed by atoms with Crippen molar-refractivity contribution >= 4 is 15.9 Å². The molecule has 0 spiro atoms. The summed E-state index contributed by atoms with van der Waals surface area (Å²) in [6, 6.07) is 4.95. The molecule has 0 aliphatic rings. The van der Waals surface area contributed by atoms with Gasteiger partial charge in [-0.25, -0.2) is 4.39 Å². The van der Waals surface area contributed by atoms with E-state index in [9.17, 15) is 4.39 Å². The van der Waals surface area contributed by atoms with Crippen LogP contribution in [0, 0.1) is 5.82 Å². The molecule has 0 atom stereocenters. The Morgan fingerprint density at radius 2 is 2.27 bits per heavy atom. The summed E-state index contributed by atoms with van der Waals surface area (Å²) < 4.78 is 14.2. The third kappa shape index (κ3) is 4.14. The number of nitrogens with one attached hydrogen (secondary N) is 1. The molecule has 0 radical (unpaired) electrons. The molecule has 1 aromatic rings. The quantitative estimate of drug-likeness (QED) is 0.807. The lowest BCUT2D eigenvalue weighted by atomic mass is 10.2. The molecular weight excluding hydrogens is 257 g/mol. The van der Waals surface area contributed by atoms with Gasteiger partial charge in [-0.3, -0.25) is 0 Å². The van der Waals surface area contributed by atoms with Crippen LogP contribution in [0.25, 0.3) is 0 Å². The number of hydrogen-bond donors (Lipinski definition) is 1. The van der Waals surface area contributed by atoms with Gasteiger partial charge in [0, 0.05) is 23.1 Å². The van der Waals surface area contributed by atoms with Gasteiger partial charge in [-0.15, -0.1) is 0 Å². The van der Waals surface area contributed by atoms with E-state index in [1.165, 1.54) is 6.07 Å². The van der Waals surface area contributed by atoms with Crippen LogP contribution in [0.3, 0.4) is 0 Å². The summed E-state index contributed by atoms with van der Waals surface area (Å²) in [6.45, 7) is 7.21. The Morgan fingerprint density at radius 1 is 1.53 bits per heavy atom. The largest absolute Gasteiger partial charge is 0.309 e. The topological polar surface area (TPSA) is 12.0 Å². The first kappa shape index (κ1) is 12.4. The fraction of sp³-hybridized carbons (Fsp3) is 0.333. The summed E-state index contributed by atoms with van der Waals surface area (Å²) in [5.74, 6) is -0.173. The van der Waals surface area contributed by atoms with Crippen LogP contribution >= 0.6 is 15.9 Å². The van der Waals surface area contributed by atoms with Crippen LogP contribution in [0.15, 0.2) is 34.8 Å². The van der Waals surface area contributed by atoms with E-state index in [1.54, 1.807) is 12.1 Å². The third-order valence-corrected chi connectivity index (χ3v) is 2.69. The molecule has 0 heterocycles. The molecule has 1 rings (SSSR count). The molecule has 0 unspecified atom stereocenters. The fourth-order valence-electron chi connectivity index (χ4n) is 1.18. The molecule has 3 heteroatoms. The maximum absolute atomic E-state index is 13.3. The SMILES string of the molecule is C=C(CC)CNCc1cc(Br)ccc1F. The van der Waals surface area contributed by atoms with E-state index in [0.29, 0.717) is 12.1 Å². The third-order valence-electron chi connectivity index (χ3n) is 2.20. The van der Waals surface area contributed by atoms with Crippen molar-refractivity contribution in [2.24, 2.45) is 0 Å². The van der Waals surface area contributed by atoms with Crippen LogP contribution in [-0.4, -0.2) is 6.54 Å². The molecule has 0 fully saturated rings. The average Bonchev–Trinajstić information content (AvgIpc) is 2.23. The van der Waals surface area contributed by atoms with Gasteiger partial charge in [0.25, 0.3) is 0 Å². The van der Waals surface area contributed by atoms with E-state index in [2.05, 4.69) is 34.7 Å². The molecule has 82 valence electrons. The van der Waals surface area contributed by atoms with Crippen molar-refractivity contribution in [2.75, 3.05) is 6.54 Å². The molecular formula is C12H15BrFN. The van der Waals surface area contributed by atoms with Gasteiger partial charge in [0.05, 0.1) is 0 Å². The molecule has 1 aromatic carbocycles.